The molecule has 0 spiro atoms. The molecule has 8 heteroatoms. The number of hydrogen-bond acceptors (Lipinski definition) is 3. The van der Waals surface area contributed by atoms with Crippen molar-refractivity contribution < 1.29 is 9.18 Å². The molecule has 0 radical (unpaired) electrons. The van der Waals surface area contributed by atoms with E-state index in [4.69, 9.17) is 23.2 Å². The second-order valence-electron chi connectivity index (χ2n) is 6.13. The number of fused-ring (bicyclic) bond motifs is 1. The molecule has 2 aromatic carbocycles. The molecule has 2 aromatic heterocycles. The number of imidazole rings is 1. The summed E-state index contributed by atoms with van der Waals surface area (Å²) in [5.74, 6) is -0.348. The fourth-order valence-electron chi connectivity index (χ4n) is 3.02. The van der Waals surface area contributed by atoms with Gasteiger partial charge in [-0.2, -0.15) is 0 Å². The van der Waals surface area contributed by atoms with Gasteiger partial charge in [0.1, 0.15) is 11.5 Å². The molecule has 0 fully saturated rings. The van der Waals surface area contributed by atoms with Crippen LogP contribution in [0.3, 0.4) is 0 Å². The first-order valence-electron chi connectivity index (χ1n) is 8.29. The molecule has 5 nitrogen and oxygen atoms in total. The van der Waals surface area contributed by atoms with Crippen LogP contribution in [-0.2, 0) is 4.79 Å². The van der Waals surface area contributed by atoms with Crippen LogP contribution in [-0.4, -0.2) is 20.3 Å². The molecule has 28 heavy (non-hydrogen) atoms. The van der Waals surface area contributed by atoms with Gasteiger partial charge in [-0.25, -0.2) is 14.4 Å². The second-order valence-corrected chi connectivity index (χ2v) is 7.01. The summed E-state index contributed by atoms with van der Waals surface area (Å²) in [4.78, 5) is 20.4. The predicted molar refractivity (Wildman–Crippen MR) is 108 cm³/mol. The predicted octanol–water partition coefficient (Wildman–Crippen LogP) is 5.47. The lowest BCUT2D eigenvalue weighted by atomic mass is 10.0. The Hall–Kier alpha value is -2.96. The van der Waals surface area contributed by atoms with E-state index in [-0.39, 0.29) is 5.91 Å². The molecular formula is C20H13Cl2FN4O. The van der Waals surface area contributed by atoms with Crippen LogP contribution >= 0.6 is 23.2 Å². The highest BCUT2D eigenvalue weighted by Crippen LogP contribution is 2.37. The van der Waals surface area contributed by atoms with Gasteiger partial charge in [0.15, 0.2) is 0 Å². The molecule has 1 amide bonds. The average molecular weight is 415 g/mol. The fourth-order valence-corrected chi connectivity index (χ4v) is 3.36. The van der Waals surface area contributed by atoms with Crippen molar-refractivity contribution in [3.05, 3.63) is 70.7 Å². The van der Waals surface area contributed by atoms with Crippen LogP contribution < -0.4 is 5.32 Å². The highest BCUT2D eigenvalue weighted by molar-refractivity contribution is 6.31. The molecule has 4 rings (SSSR count). The van der Waals surface area contributed by atoms with Crippen LogP contribution in [0.2, 0.25) is 10.0 Å². The van der Waals surface area contributed by atoms with Crippen molar-refractivity contribution in [3.63, 3.8) is 0 Å². The van der Waals surface area contributed by atoms with Crippen LogP contribution in [0.4, 0.5) is 10.1 Å². The smallest absolute Gasteiger partial charge is 0.234 e. The molecule has 0 saturated carbocycles. The Morgan fingerprint density at radius 3 is 2.71 bits per heavy atom. The molecule has 0 unspecified atom stereocenters. The summed E-state index contributed by atoms with van der Waals surface area (Å²) < 4.78 is 15.8. The van der Waals surface area contributed by atoms with Gasteiger partial charge in [0.25, 0.3) is 0 Å². The van der Waals surface area contributed by atoms with Gasteiger partial charge >= 0.3 is 0 Å². The zero-order chi connectivity index (χ0) is 19.8. The Kier molecular flexibility index (Phi) is 4.75. The maximum absolute atomic E-state index is 14.1. The Labute approximate surface area is 169 Å². The Morgan fingerprint density at radius 2 is 1.96 bits per heavy atom. The molecule has 0 saturated heterocycles. The summed E-state index contributed by atoms with van der Waals surface area (Å²) in [6.45, 7) is 1.38. The minimum atomic E-state index is -0.454. The zero-order valence-electron chi connectivity index (χ0n) is 14.6. The van der Waals surface area contributed by atoms with E-state index in [1.54, 1.807) is 28.8 Å². The van der Waals surface area contributed by atoms with Crippen LogP contribution in [0.25, 0.3) is 28.3 Å². The topological polar surface area (TPSA) is 59.3 Å². The van der Waals surface area contributed by atoms with E-state index >= 15 is 0 Å². The molecule has 0 bridgehead atoms. The minimum Gasteiger partial charge on any atom is -0.326 e. The van der Waals surface area contributed by atoms with E-state index in [1.165, 1.54) is 31.3 Å². The van der Waals surface area contributed by atoms with Gasteiger partial charge in [0, 0.05) is 29.3 Å². The molecule has 2 heterocycles. The van der Waals surface area contributed by atoms with Gasteiger partial charge in [-0.15, -0.1) is 0 Å². The number of halogens is 3. The average Bonchev–Trinajstić information content (AvgIpc) is 3.01. The molecule has 0 atom stereocenters. The Balaban J connectivity index is 2.07. The van der Waals surface area contributed by atoms with Crippen LogP contribution in [0, 0.1) is 5.82 Å². The van der Waals surface area contributed by atoms with Crippen LogP contribution in [0.1, 0.15) is 6.92 Å². The molecule has 0 aliphatic carbocycles. The van der Waals surface area contributed by atoms with E-state index in [2.05, 4.69) is 15.3 Å². The van der Waals surface area contributed by atoms with Crippen molar-refractivity contribution in [2.75, 3.05) is 5.32 Å². The number of aromatic nitrogens is 3. The first kappa shape index (κ1) is 18.4. The minimum absolute atomic E-state index is 0.276. The summed E-state index contributed by atoms with van der Waals surface area (Å²) in [7, 11) is 0. The lowest BCUT2D eigenvalue weighted by molar-refractivity contribution is -0.114. The summed E-state index contributed by atoms with van der Waals surface area (Å²) >= 11 is 12.3. The number of carbonyl (C=O) groups is 1. The summed E-state index contributed by atoms with van der Waals surface area (Å²) in [6, 6.07) is 11.3. The number of rotatable bonds is 3. The van der Waals surface area contributed by atoms with Gasteiger partial charge in [-0.3, -0.25) is 9.20 Å². The zero-order valence-corrected chi connectivity index (χ0v) is 16.1. The van der Waals surface area contributed by atoms with E-state index in [0.29, 0.717) is 38.5 Å². The maximum atomic E-state index is 14.1. The lowest BCUT2D eigenvalue weighted by Crippen LogP contribution is -2.07. The van der Waals surface area contributed by atoms with Gasteiger partial charge < -0.3 is 5.32 Å². The van der Waals surface area contributed by atoms with Crippen molar-refractivity contribution >= 4 is 40.6 Å². The molecule has 0 aliphatic heterocycles. The molecule has 4 aromatic rings. The van der Waals surface area contributed by atoms with Crippen molar-refractivity contribution in [1.29, 1.82) is 0 Å². The van der Waals surface area contributed by atoms with E-state index in [0.717, 1.165) is 5.56 Å². The fraction of sp³-hybridized carbons (Fsp3) is 0.0500. The van der Waals surface area contributed by atoms with Gasteiger partial charge in [-0.05, 0) is 30.3 Å². The SMILES string of the molecule is CC(=O)Nc1ccc(F)cc1-c1nc2ncc(Cl)cn2c1-c1cccc(Cl)c1. The number of anilines is 1. The first-order valence-corrected chi connectivity index (χ1v) is 9.05. The normalized spacial score (nSPS) is 11.0. The highest BCUT2D eigenvalue weighted by atomic mass is 35.5. The number of nitrogens with one attached hydrogen (secondary N) is 1. The van der Waals surface area contributed by atoms with Crippen molar-refractivity contribution in [2.45, 2.75) is 6.92 Å². The van der Waals surface area contributed by atoms with Gasteiger partial charge in [0.05, 0.1) is 22.6 Å². The second kappa shape index (κ2) is 7.22. The van der Waals surface area contributed by atoms with Gasteiger partial charge in [0.2, 0.25) is 11.7 Å². The van der Waals surface area contributed by atoms with Crippen molar-refractivity contribution in [3.8, 4) is 22.5 Å². The third-order valence-corrected chi connectivity index (χ3v) is 4.52. The van der Waals surface area contributed by atoms with Gasteiger partial charge in [-0.1, -0.05) is 35.3 Å². The summed E-state index contributed by atoms with van der Waals surface area (Å²) in [6.07, 6.45) is 3.16. The highest BCUT2D eigenvalue weighted by Gasteiger charge is 2.20. The van der Waals surface area contributed by atoms with E-state index in [1.807, 2.05) is 6.07 Å². The number of carbonyl (C=O) groups excluding carboxylic acids is 1. The summed E-state index contributed by atoms with van der Waals surface area (Å²) in [5.41, 5.74) is 2.68. The number of benzene rings is 2. The van der Waals surface area contributed by atoms with Crippen LogP contribution in [0.5, 0.6) is 0 Å². The van der Waals surface area contributed by atoms with E-state index in [9.17, 15) is 9.18 Å². The van der Waals surface area contributed by atoms with E-state index < -0.39 is 5.82 Å². The summed E-state index contributed by atoms with van der Waals surface area (Å²) in [5, 5.41) is 3.67. The first-order chi connectivity index (χ1) is 13.4. The molecule has 1 N–H and O–H groups in total. The monoisotopic (exact) mass is 414 g/mol. The number of nitrogens with zero attached hydrogens (tertiary/aromatic N) is 3. The molecule has 140 valence electrons. The third kappa shape index (κ3) is 3.44. The standard InChI is InChI=1S/C20H13Cl2FN4O/c1-11(28)25-17-6-5-15(23)8-16(17)18-19(12-3-2-4-13(21)7-12)27-10-14(22)9-24-20(27)26-18/h2-10H,1H3,(H,25,28). The number of amides is 1. The Morgan fingerprint density at radius 1 is 1.14 bits per heavy atom. The van der Waals surface area contributed by atoms with Crippen molar-refractivity contribution in [1.82, 2.24) is 14.4 Å². The quantitative estimate of drug-likeness (QED) is 0.483. The van der Waals surface area contributed by atoms with Crippen molar-refractivity contribution in [2.24, 2.45) is 0 Å². The largest absolute Gasteiger partial charge is 0.326 e. The maximum Gasteiger partial charge on any atom is 0.234 e. The molecule has 0 aliphatic rings. The lowest BCUT2D eigenvalue weighted by Gasteiger charge is -2.11. The number of hydrogen-bond donors (Lipinski definition) is 1. The molecular weight excluding hydrogens is 402 g/mol. The van der Waals surface area contributed by atoms with Crippen LogP contribution in [0.15, 0.2) is 54.9 Å². The third-order valence-electron chi connectivity index (χ3n) is 4.09. The Bertz CT molecular complexity index is 1220.